The van der Waals surface area contributed by atoms with E-state index in [0.29, 0.717) is 6.42 Å². The molecule has 4 nitrogen and oxygen atoms in total. The summed E-state index contributed by atoms with van der Waals surface area (Å²) in [6, 6.07) is 2.70. The zero-order valence-electron chi connectivity index (χ0n) is 11.2. The van der Waals surface area contributed by atoms with Gasteiger partial charge in [0, 0.05) is 17.8 Å². The van der Waals surface area contributed by atoms with Gasteiger partial charge in [-0.25, -0.2) is 0 Å². The number of hydrogen-bond acceptors (Lipinski definition) is 3. The second-order valence-corrected chi connectivity index (χ2v) is 5.23. The van der Waals surface area contributed by atoms with Crippen LogP contribution in [0.1, 0.15) is 25.0 Å². The molecule has 1 aromatic carbocycles. The van der Waals surface area contributed by atoms with Gasteiger partial charge in [-0.3, -0.25) is 4.79 Å². The number of hydrogen-bond donors (Lipinski definition) is 2. The fourth-order valence-corrected chi connectivity index (χ4v) is 2.56. The predicted molar refractivity (Wildman–Crippen MR) is 73.6 cm³/mol. The van der Waals surface area contributed by atoms with E-state index < -0.39 is 24.7 Å². The van der Waals surface area contributed by atoms with Crippen molar-refractivity contribution >= 4 is 28.9 Å². The summed E-state index contributed by atoms with van der Waals surface area (Å²) < 4.78 is 38.0. The lowest BCUT2D eigenvalue weighted by atomic mass is 10.1. The second kappa shape index (κ2) is 5.73. The van der Waals surface area contributed by atoms with Crippen LogP contribution in [0.15, 0.2) is 12.1 Å². The van der Waals surface area contributed by atoms with E-state index in [1.807, 2.05) is 0 Å². The zero-order chi connectivity index (χ0) is 15.8. The van der Waals surface area contributed by atoms with Crippen LogP contribution < -0.4 is 10.2 Å². The van der Waals surface area contributed by atoms with Crippen LogP contribution in [0.25, 0.3) is 0 Å². The third kappa shape index (κ3) is 3.41. The first-order chi connectivity index (χ1) is 9.73. The van der Waals surface area contributed by atoms with Gasteiger partial charge in [-0.2, -0.15) is 13.2 Å². The number of nitrogens with zero attached hydrogens (tertiary/aromatic N) is 1. The number of amides is 1. The van der Waals surface area contributed by atoms with Crippen LogP contribution in [0, 0.1) is 0 Å². The van der Waals surface area contributed by atoms with E-state index in [1.165, 1.54) is 12.1 Å². The van der Waals surface area contributed by atoms with Crippen LogP contribution in [-0.2, 0) is 4.79 Å². The minimum Gasteiger partial charge on any atom is -0.378 e. The van der Waals surface area contributed by atoms with Gasteiger partial charge in [0.2, 0.25) is 0 Å². The maximum Gasteiger partial charge on any atom is 0.405 e. The average Bonchev–Trinajstić information content (AvgIpc) is 2.63. The van der Waals surface area contributed by atoms with Crippen molar-refractivity contribution in [2.24, 2.45) is 0 Å². The molecule has 1 unspecified atom stereocenters. The highest BCUT2D eigenvalue weighted by Gasteiger charge is 2.34. The van der Waals surface area contributed by atoms with Crippen molar-refractivity contribution in [3.8, 4) is 0 Å². The van der Waals surface area contributed by atoms with Crippen LogP contribution in [0.4, 0.5) is 24.5 Å². The molecule has 1 amide bonds. The molecule has 0 saturated carbocycles. The molecule has 21 heavy (non-hydrogen) atoms. The summed E-state index contributed by atoms with van der Waals surface area (Å²) in [7, 11) is 0. The normalized spacial score (nSPS) is 17.6. The molecule has 0 fully saturated rings. The molecule has 1 atom stereocenters. The molecule has 2 rings (SSSR count). The zero-order valence-corrected chi connectivity index (χ0v) is 11.9. The maximum absolute atomic E-state index is 12.7. The van der Waals surface area contributed by atoms with Gasteiger partial charge in [0.15, 0.2) is 6.10 Å². The third-order valence-electron chi connectivity index (χ3n) is 3.12. The Balaban J connectivity index is 2.38. The number of anilines is 2. The van der Waals surface area contributed by atoms with E-state index in [-0.39, 0.29) is 28.5 Å². The monoisotopic (exact) mass is 322 g/mol. The molecular formula is C13H14ClF3N2O2. The molecule has 0 spiro atoms. The van der Waals surface area contributed by atoms with Gasteiger partial charge in [0.05, 0.1) is 10.7 Å². The maximum atomic E-state index is 12.7. The Labute approximate surface area is 124 Å². The lowest BCUT2D eigenvalue weighted by Crippen LogP contribution is -2.35. The summed E-state index contributed by atoms with van der Waals surface area (Å²) in [5.41, 5.74) is 0.747. The Hall–Kier alpha value is -1.47. The van der Waals surface area contributed by atoms with Crippen molar-refractivity contribution in [1.82, 2.24) is 0 Å². The van der Waals surface area contributed by atoms with E-state index in [2.05, 4.69) is 5.32 Å². The molecule has 0 radical (unpaired) electrons. The van der Waals surface area contributed by atoms with Gasteiger partial charge in [-0.15, -0.1) is 0 Å². The topological polar surface area (TPSA) is 52.6 Å². The first-order valence-electron chi connectivity index (χ1n) is 6.37. The minimum atomic E-state index is -4.36. The molecule has 8 heteroatoms. The van der Waals surface area contributed by atoms with E-state index in [1.54, 1.807) is 6.92 Å². The van der Waals surface area contributed by atoms with Gasteiger partial charge in [0.25, 0.3) is 5.91 Å². The SMILES string of the molecule is CCCN(CC(F)(F)F)c1cc2c(cc1Cl)C(O)C(=O)N2. The quantitative estimate of drug-likeness (QED) is 0.895. The minimum absolute atomic E-state index is 0.0713. The van der Waals surface area contributed by atoms with Gasteiger partial charge in [-0.1, -0.05) is 18.5 Å². The average molecular weight is 323 g/mol. The highest BCUT2D eigenvalue weighted by Crippen LogP contribution is 2.39. The van der Waals surface area contributed by atoms with Crippen molar-refractivity contribution < 1.29 is 23.1 Å². The molecule has 0 saturated heterocycles. The number of aliphatic hydroxyl groups is 1. The first-order valence-corrected chi connectivity index (χ1v) is 6.74. The second-order valence-electron chi connectivity index (χ2n) is 4.82. The lowest BCUT2D eigenvalue weighted by Gasteiger charge is -2.27. The Morgan fingerprint density at radius 1 is 1.43 bits per heavy atom. The predicted octanol–water partition coefficient (Wildman–Crippen LogP) is 3.10. The number of rotatable bonds is 4. The van der Waals surface area contributed by atoms with Crippen LogP contribution in [0.2, 0.25) is 5.02 Å². The number of nitrogens with one attached hydrogen (secondary N) is 1. The number of carbonyl (C=O) groups is 1. The molecule has 116 valence electrons. The summed E-state index contributed by atoms with van der Waals surface area (Å²) in [5, 5.41) is 12.1. The van der Waals surface area contributed by atoms with E-state index in [0.717, 1.165) is 4.90 Å². The Morgan fingerprint density at radius 3 is 2.67 bits per heavy atom. The highest BCUT2D eigenvalue weighted by atomic mass is 35.5. The number of halogens is 4. The summed E-state index contributed by atoms with van der Waals surface area (Å²) in [4.78, 5) is 12.5. The van der Waals surface area contributed by atoms with Crippen LogP contribution in [-0.4, -0.2) is 30.3 Å². The Kier molecular flexibility index (Phi) is 4.34. The number of alkyl halides is 3. The number of carbonyl (C=O) groups excluding carboxylic acids is 1. The molecule has 0 aromatic heterocycles. The molecule has 2 N–H and O–H groups in total. The molecule has 1 aliphatic heterocycles. The Morgan fingerprint density at radius 2 is 2.10 bits per heavy atom. The van der Waals surface area contributed by atoms with Gasteiger partial charge in [0.1, 0.15) is 6.54 Å². The summed E-state index contributed by atoms with van der Waals surface area (Å²) in [6.45, 7) is 0.806. The third-order valence-corrected chi connectivity index (χ3v) is 3.43. The molecule has 1 aliphatic rings. The van der Waals surface area contributed by atoms with Gasteiger partial charge in [-0.05, 0) is 18.6 Å². The standard InChI is InChI=1S/C13H14ClF3N2O2/c1-2-3-19(6-13(15,16)17)10-5-9-7(4-8(10)14)11(20)12(21)18-9/h4-5,11,20H,2-3,6H2,1H3,(H,18,21). The molecule has 1 aromatic rings. The first kappa shape index (κ1) is 15.9. The fraction of sp³-hybridized carbons (Fsp3) is 0.462. The lowest BCUT2D eigenvalue weighted by molar-refractivity contribution is -0.123. The van der Waals surface area contributed by atoms with Crippen molar-refractivity contribution in [2.75, 3.05) is 23.3 Å². The molecule has 0 bridgehead atoms. The van der Waals surface area contributed by atoms with Crippen molar-refractivity contribution in [3.63, 3.8) is 0 Å². The molecule has 1 heterocycles. The number of benzene rings is 1. The van der Waals surface area contributed by atoms with E-state index in [9.17, 15) is 23.1 Å². The van der Waals surface area contributed by atoms with Crippen LogP contribution in [0.3, 0.4) is 0 Å². The number of aliphatic hydroxyl groups excluding tert-OH is 1. The van der Waals surface area contributed by atoms with Crippen LogP contribution >= 0.6 is 11.6 Å². The summed E-state index contributed by atoms with van der Waals surface area (Å²) in [5.74, 6) is -0.615. The fourth-order valence-electron chi connectivity index (χ4n) is 2.27. The van der Waals surface area contributed by atoms with Crippen molar-refractivity contribution in [2.45, 2.75) is 25.6 Å². The summed E-state index contributed by atoms with van der Waals surface area (Å²) >= 11 is 6.02. The van der Waals surface area contributed by atoms with E-state index >= 15 is 0 Å². The van der Waals surface area contributed by atoms with Crippen LogP contribution in [0.5, 0.6) is 0 Å². The molecule has 0 aliphatic carbocycles. The smallest absolute Gasteiger partial charge is 0.378 e. The van der Waals surface area contributed by atoms with Gasteiger partial charge < -0.3 is 15.3 Å². The van der Waals surface area contributed by atoms with E-state index in [4.69, 9.17) is 11.6 Å². The number of fused-ring (bicyclic) bond motifs is 1. The van der Waals surface area contributed by atoms with Crippen molar-refractivity contribution in [1.29, 1.82) is 0 Å². The largest absolute Gasteiger partial charge is 0.405 e. The Bertz CT molecular complexity index is 563. The van der Waals surface area contributed by atoms with Gasteiger partial charge >= 0.3 is 6.18 Å². The van der Waals surface area contributed by atoms with Crippen molar-refractivity contribution in [3.05, 3.63) is 22.7 Å². The summed E-state index contributed by atoms with van der Waals surface area (Å²) in [6.07, 6.45) is -5.19. The highest BCUT2D eigenvalue weighted by molar-refractivity contribution is 6.33. The molecular weight excluding hydrogens is 309 g/mol.